The van der Waals surface area contributed by atoms with E-state index < -0.39 is 5.97 Å². The highest BCUT2D eigenvalue weighted by atomic mass is 35.5. The number of anilines is 1. The maximum absolute atomic E-state index is 11.2. The zero-order chi connectivity index (χ0) is 11.6. The van der Waals surface area contributed by atoms with Gasteiger partial charge in [-0.1, -0.05) is 22.9 Å². The van der Waals surface area contributed by atoms with Gasteiger partial charge in [0.05, 0.1) is 7.11 Å². The van der Waals surface area contributed by atoms with E-state index in [2.05, 4.69) is 15.0 Å². The first-order valence-electron chi connectivity index (χ1n) is 4.36. The molecule has 0 saturated heterocycles. The summed E-state index contributed by atoms with van der Waals surface area (Å²) in [5.41, 5.74) is -0.116. The van der Waals surface area contributed by atoms with E-state index in [1.54, 1.807) is 0 Å². The van der Waals surface area contributed by atoms with Crippen LogP contribution in [0.25, 0.3) is 0 Å². The van der Waals surface area contributed by atoms with Crippen LogP contribution in [-0.4, -0.2) is 23.6 Å². The third-order valence-corrected chi connectivity index (χ3v) is 2.77. The van der Waals surface area contributed by atoms with Crippen molar-refractivity contribution in [3.05, 3.63) is 10.0 Å². The Bertz CT molecular complexity index is 371. The highest BCUT2D eigenvalue weighted by Gasteiger charge is 2.19. The van der Waals surface area contributed by atoms with Gasteiger partial charge in [-0.2, -0.15) is 0 Å². The fourth-order valence-corrected chi connectivity index (χ4v) is 2.21. The Labute approximate surface area is 97.6 Å². The summed E-state index contributed by atoms with van der Waals surface area (Å²) in [6, 6.07) is 0. The largest absolute Gasteiger partial charge is 0.465 e. The van der Waals surface area contributed by atoms with Crippen molar-refractivity contribution < 1.29 is 9.53 Å². The summed E-state index contributed by atoms with van der Waals surface area (Å²) in [6.07, 6.45) is 0. The first kappa shape index (κ1) is 12.3. The molecular weight excluding hydrogens is 236 g/mol. The van der Waals surface area contributed by atoms with Crippen LogP contribution in [0.3, 0.4) is 0 Å². The van der Waals surface area contributed by atoms with E-state index in [-0.39, 0.29) is 10.7 Å². The van der Waals surface area contributed by atoms with Crippen LogP contribution in [0.5, 0.6) is 0 Å². The highest BCUT2D eigenvalue weighted by Crippen LogP contribution is 2.29. The van der Waals surface area contributed by atoms with Gasteiger partial charge in [0.1, 0.15) is 0 Å². The molecule has 1 heterocycles. The molecule has 84 valence electrons. The number of thiazole rings is 1. The summed E-state index contributed by atoms with van der Waals surface area (Å²) in [7, 11) is 1.31. The van der Waals surface area contributed by atoms with Crippen molar-refractivity contribution in [3.8, 4) is 0 Å². The average Bonchev–Trinajstić information content (AvgIpc) is 2.42. The van der Waals surface area contributed by atoms with Gasteiger partial charge >= 0.3 is 5.97 Å². The summed E-state index contributed by atoms with van der Waals surface area (Å²) in [4.78, 5) is 15.6. The second-order valence-electron chi connectivity index (χ2n) is 4.01. The van der Waals surface area contributed by atoms with Crippen LogP contribution >= 0.6 is 22.9 Å². The van der Waals surface area contributed by atoms with E-state index in [1.165, 1.54) is 18.4 Å². The lowest BCUT2D eigenvalue weighted by Crippen LogP contribution is -2.25. The van der Waals surface area contributed by atoms with E-state index in [9.17, 15) is 4.79 Å². The molecule has 0 spiro atoms. The summed E-state index contributed by atoms with van der Waals surface area (Å²) < 4.78 is 4.58. The maximum atomic E-state index is 11.2. The number of rotatable bonds is 2. The minimum Gasteiger partial charge on any atom is -0.465 e. The number of methoxy groups -OCH3 is 1. The van der Waals surface area contributed by atoms with Crippen LogP contribution in [0.4, 0.5) is 5.13 Å². The highest BCUT2D eigenvalue weighted by molar-refractivity contribution is 7.18. The van der Waals surface area contributed by atoms with Crippen molar-refractivity contribution in [2.75, 3.05) is 12.4 Å². The molecule has 15 heavy (non-hydrogen) atoms. The number of hydrogen-bond donors (Lipinski definition) is 1. The fraction of sp³-hybridized carbons (Fsp3) is 0.556. The third-order valence-electron chi connectivity index (χ3n) is 1.44. The number of ether oxygens (including phenoxy) is 1. The van der Waals surface area contributed by atoms with Gasteiger partial charge < -0.3 is 10.1 Å². The van der Waals surface area contributed by atoms with Crippen LogP contribution in [0.2, 0.25) is 5.15 Å². The molecule has 4 nitrogen and oxygen atoms in total. The smallest absolute Gasteiger partial charge is 0.351 e. The van der Waals surface area contributed by atoms with Crippen LogP contribution < -0.4 is 5.32 Å². The van der Waals surface area contributed by atoms with Crippen molar-refractivity contribution in [1.82, 2.24) is 4.98 Å². The lowest BCUT2D eigenvalue weighted by Gasteiger charge is -2.19. The van der Waals surface area contributed by atoms with E-state index in [0.717, 1.165) is 0 Å². The maximum Gasteiger partial charge on any atom is 0.351 e. The predicted molar refractivity (Wildman–Crippen MR) is 61.8 cm³/mol. The minimum atomic E-state index is -0.459. The summed E-state index contributed by atoms with van der Waals surface area (Å²) in [5, 5.41) is 3.93. The third kappa shape index (κ3) is 3.35. The van der Waals surface area contributed by atoms with Gasteiger partial charge in [-0.15, -0.1) is 0 Å². The first-order valence-corrected chi connectivity index (χ1v) is 5.56. The molecule has 0 unspecified atom stereocenters. The molecule has 0 fully saturated rings. The molecule has 6 heteroatoms. The molecule has 0 saturated carbocycles. The lowest BCUT2D eigenvalue weighted by molar-refractivity contribution is 0.0606. The molecule has 0 bridgehead atoms. The van der Waals surface area contributed by atoms with Crippen LogP contribution in [0, 0.1) is 0 Å². The Morgan fingerprint density at radius 2 is 2.13 bits per heavy atom. The van der Waals surface area contributed by atoms with Crippen LogP contribution in [0.15, 0.2) is 0 Å². The van der Waals surface area contributed by atoms with E-state index >= 15 is 0 Å². The van der Waals surface area contributed by atoms with E-state index in [0.29, 0.717) is 10.0 Å². The SMILES string of the molecule is COC(=O)c1sc(NC(C)(C)C)nc1Cl. The van der Waals surface area contributed by atoms with Gasteiger partial charge in [0.25, 0.3) is 0 Å². The topological polar surface area (TPSA) is 51.2 Å². The number of carbonyl (C=O) groups excluding carboxylic acids is 1. The number of nitrogens with zero attached hydrogens (tertiary/aromatic N) is 1. The molecule has 0 aliphatic rings. The zero-order valence-corrected chi connectivity index (χ0v) is 10.6. The standard InChI is InChI=1S/C9H13ClN2O2S/c1-9(2,3)12-8-11-6(10)5(15-8)7(13)14-4/h1-4H3,(H,11,12). The van der Waals surface area contributed by atoms with Crippen LogP contribution in [0.1, 0.15) is 30.4 Å². The molecule has 1 N–H and O–H groups in total. The Morgan fingerprint density at radius 3 is 2.60 bits per heavy atom. The zero-order valence-electron chi connectivity index (χ0n) is 9.05. The van der Waals surface area contributed by atoms with Crippen LogP contribution in [-0.2, 0) is 4.74 Å². The number of carbonyl (C=O) groups is 1. The second kappa shape index (κ2) is 4.37. The molecule has 1 aromatic rings. The first-order chi connectivity index (χ1) is 6.83. The number of aromatic nitrogens is 1. The monoisotopic (exact) mass is 248 g/mol. The molecule has 0 aliphatic carbocycles. The van der Waals surface area contributed by atoms with Crippen molar-refractivity contribution in [2.45, 2.75) is 26.3 Å². The minimum absolute atomic E-state index is 0.116. The number of hydrogen-bond acceptors (Lipinski definition) is 5. The van der Waals surface area contributed by atoms with Gasteiger partial charge in [-0.25, -0.2) is 9.78 Å². The summed E-state index contributed by atoms with van der Waals surface area (Å²) in [5.74, 6) is -0.459. The summed E-state index contributed by atoms with van der Waals surface area (Å²) in [6.45, 7) is 6.00. The molecule has 0 amide bonds. The molecule has 0 aliphatic heterocycles. The molecule has 1 aromatic heterocycles. The number of esters is 1. The van der Waals surface area contributed by atoms with Gasteiger partial charge in [0.15, 0.2) is 15.2 Å². The Kier molecular flexibility index (Phi) is 3.57. The average molecular weight is 249 g/mol. The Hall–Kier alpha value is -0.810. The second-order valence-corrected chi connectivity index (χ2v) is 5.36. The molecular formula is C9H13ClN2O2S. The van der Waals surface area contributed by atoms with Crippen molar-refractivity contribution in [2.24, 2.45) is 0 Å². The van der Waals surface area contributed by atoms with E-state index in [1.807, 2.05) is 20.8 Å². The molecule has 0 atom stereocenters. The predicted octanol–water partition coefficient (Wildman–Crippen LogP) is 2.79. The van der Waals surface area contributed by atoms with Crippen molar-refractivity contribution in [1.29, 1.82) is 0 Å². The quantitative estimate of drug-likeness (QED) is 0.818. The fourth-order valence-electron chi connectivity index (χ4n) is 0.894. The van der Waals surface area contributed by atoms with Gasteiger partial charge in [-0.3, -0.25) is 0 Å². The molecule has 0 radical (unpaired) electrons. The summed E-state index contributed by atoms with van der Waals surface area (Å²) >= 11 is 7.00. The van der Waals surface area contributed by atoms with Crippen molar-refractivity contribution >= 4 is 34.0 Å². The number of nitrogens with one attached hydrogen (secondary N) is 1. The number of halogens is 1. The van der Waals surface area contributed by atoms with Crippen molar-refractivity contribution in [3.63, 3.8) is 0 Å². The molecule has 1 rings (SSSR count). The lowest BCUT2D eigenvalue weighted by atomic mass is 10.1. The van der Waals surface area contributed by atoms with Gasteiger partial charge in [0.2, 0.25) is 0 Å². The Morgan fingerprint density at radius 1 is 1.53 bits per heavy atom. The van der Waals surface area contributed by atoms with Gasteiger partial charge in [0, 0.05) is 5.54 Å². The normalized spacial score (nSPS) is 11.3. The Balaban J connectivity index is 2.91. The molecule has 0 aromatic carbocycles. The van der Waals surface area contributed by atoms with Gasteiger partial charge in [-0.05, 0) is 20.8 Å². The van der Waals surface area contributed by atoms with E-state index in [4.69, 9.17) is 11.6 Å².